The Bertz CT molecular complexity index is 4000. The summed E-state index contributed by atoms with van der Waals surface area (Å²) in [4.78, 5) is 56.6. The number of benzene rings is 2. The van der Waals surface area contributed by atoms with Crippen LogP contribution in [0, 0.1) is 11.3 Å². The lowest BCUT2D eigenvalue weighted by molar-refractivity contribution is 0.0697. The Balaban J connectivity index is 0.000000154. The first kappa shape index (κ1) is 51.1. The third-order valence-electron chi connectivity index (χ3n) is 14.7. The summed E-state index contributed by atoms with van der Waals surface area (Å²) in [5.74, 6) is 3.80. The van der Waals surface area contributed by atoms with Gasteiger partial charge in [0.05, 0.1) is 54.4 Å². The van der Waals surface area contributed by atoms with E-state index in [9.17, 15) is 23.6 Å². The van der Waals surface area contributed by atoms with E-state index in [1.165, 1.54) is 0 Å². The van der Waals surface area contributed by atoms with Crippen molar-refractivity contribution in [1.82, 2.24) is 49.7 Å². The van der Waals surface area contributed by atoms with Gasteiger partial charge in [-0.1, -0.05) is 7.43 Å². The molecule has 78 heavy (non-hydrogen) atoms. The van der Waals surface area contributed by atoms with Gasteiger partial charge in [0.2, 0.25) is 11.4 Å². The molecule has 0 atom stereocenters. The summed E-state index contributed by atoms with van der Waals surface area (Å²) in [5.41, 5.74) is 8.90. The summed E-state index contributed by atoms with van der Waals surface area (Å²) in [6, 6.07) is 17.3. The van der Waals surface area contributed by atoms with Crippen LogP contribution in [0.3, 0.4) is 0 Å². The van der Waals surface area contributed by atoms with E-state index >= 15 is 0 Å². The van der Waals surface area contributed by atoms with Crippen LogP contribution < -0.4 is 9.80 Å². The van der Waals surface area contributed by atoms with Crippen molar-refractivity contribution in [3.05, 3.63) is 95.6 Å². The molecule has 4 aliphatic rings. The number of carbonyl (C=O) groups is 1. The first-order valence-corrected chi connectivity index (χ1v) is 28.5. The monoisotopic (exact) mass is 1090 g/mol. The van der Waals surface area contributed by atoms with Crippen molar-refractivity contribution >= 4 is 105 Å². The number of ether oxygens (including phenoxy) is 2. The van der Waals surface area contributed by atoms with Crippen LogP contribution in [-0.4, -0.2) is 171 Å². The molecular formula is C55H55N13O8S2. The van der Waals surface area contributed by atoms with Crippen LogP contribution in [0.5, 0.6) is 0 Å². The number of pyridine rings is 2. The van der Waals surface area contributed by atoms with Gasteiger partial charge in [-0.05, 0) is 59.7 Å². The first-order chi connectivity index (χ1) is 37.7. The number of aromatic nitrogens is 8. The number of carboxylic acids is 1. The van der Waals surface area contributed by atoms with Gasteiger partial charge in [0.15, 0.2) is 34.5 Å². The fraction of sp³-hybridized carbons (Fsp3) is 0.345. The van der Waals surface area contributed by atoms with Gasteiger partial charge in [0, 0.05) is 168 Å². The second kappa shape index (κ2) is 21.6. The van der Waals surface area contributed by atoms with Crippen molar-refractivity contribution in [2.45, 2.75) is 20.5 Å². The number of carboxylic acid groups (broad SMARTS) is 1. The van der Waals surface area contributed by atoms with Gasteiger partial charge in [0.1, 0.15) is 11.0 Å². The smallest absolute Gasteiger partial charge is 0.336 e. The van der Waals surface area contributed by atoms with Crippen molar-refractivity contribution in [2.75, 3.05) is 112 Å². The summed E-state index contributed by atoms with van der Waals surface area (Å²) in [6.07, 6.45) is 7.28. The summed E-state index contributed by atoms with van der Waals surface area (Å²) in [7, 11) is -1.46. The zero-order valence-corrected chi connectivity index (χ0v) is 43.3. The number of H-pyrrole nitrogens is 2. The maximum Gasteiger partial charge on any atom is 0.336 e. The molecule has 10 aromatic rings. The Morgan fingerprint density at radius 3 is 1.55 bits per heavy atom. The number of hydrogen-bond acceptors (Lipinski definition) is 18. The number of fused-ring (bicyclic) bond motifs is 8. The molecule has 21 nitrogen and oxygen atoms in total. The van der Waals surface area contributed by atoms with E-state index in [2.05, 4.69) is 51.7 Å². The van der Waals surface area contributed by atoms with Crippen molar-refractivity contribution < 1.29 is 36.6 Å². The molecule has 400 valence electrons. The molecule has 0 unspecified atom stereocenters. The number of aromatic amines is 2. The van der Waals surface area contributed by atoms with Crippen molar-refractivity contribution in [1.29, 1.82) is 5.26 Å². The summed E-state index contributed by atoms with van der Waals surface area (Å²) in [6.45, 7) is 9.49. The van der Waals surface area contributed by atoms with Gasteiger partial charge < -0.3 is 43.2 Å². The third-order valence-corrected chi connectivity index (χ3v) is 17.2. The molecular weight excluding hydrogens is 1030 g/mol. The fourth-order valence-corrected chi connectivity index (χ4v) is 13.0. The zero-order chi connectivity index (χ0) is 52.1. The number of nitrogens with one attached hydrogen (secondary N) is 2. The Kier molecular flexibility index (Phi) is 14.1. The highest BCUT2D eigenvalue weighted by Gasteiger charge is 2.29. The lowest BCUT2D eigenvalue weighted by atomic mass is 10.0. The van der Waals surface area contributed by atoms with E-state index in [4.69, 9.17) is 38.2 Å². The molecule has 0 bridgehead atoms. The summed E-state index contributed by atoms with van der Waals surface area (Å²) in [5, 5.41) is 23.2. The largest absolute Gasteiger partial charge is 0.478 e. The van der Waals surface area contributed by atoms with Gasteiger partial charge in [0.25, 0.3) is 0 Å². The molecule has 2 aromatic carbocycles. The Hall–Kier alpha value is -7.72. The minimum atomic E-state index is -1.05. The highest BCUT2D eigenvalue weighted by molar-refractivity contribution is 7.85. The second-order valence-electron chi connectivity index (χ2n) is 19.4. The van der Waals surface area contributed by atoms with Gasteiger partial charge in [-0.15, -0.1) is 0 Å². The van der Waals surface area contributed by atoms with E-state index in [0.29, 0.717) is 156 Å². The van der Waals surface area contributed by atoms with Crippen LogP contribution >= 0.6 is 0 Å². The second-order valence-corrected chi connectivity index (χ2v) is 22.8. The highest BCUT2D eigenvalue weighted by Crippen LogP contribution is 2.40. The molecule has 8 aromatic heterocycles. The fourth-order valence-electron chi connectivity index (χ4n) is 10.7. The number of rotatable bonds is 9. The maximum absolute atomic E-state index is 12.3. The van der Waals surface area contributed by atoms with E-state index in [0.717, 1.165) is 76.4 Å². The quantitative estimate of drug-likeness (QED) is 0.133. The van der Waals surface area contributed by atoms with Crippen LogP contribution in [0.25, 0.3) is 89.0 Å². The molecule has 0 radical (unpaired) electrons. The summed E-state index contributed by atoms with van der Waals surface area (Å²) < 4.78 is 47.2. The highest BCUT2D eigenvalue weighted by atomic mass is 32.2. The van der Waals surface area contributed by atoms with E-state index in [1.54, 1.807) is 24.4 Å². The predicted octanol–water partition coefficient (Wildman–Crippen LogP) is 6.85. The average Bonchev–Trinajstić information content (AvgIpc) is 4.46. The van der Waals surface area contributed by atoms with Crippen molar-refractivity contribution in [3.63, 3.8) is 0 Å². The number of morpholine rings is 2. The average molecular weight is 1090 g/mol. The standard InChI is InChI=1S/C27H25N7O3S.C27H26N6O5S.CH4/c28-14-18-1-2-21-19(3-4-29-21)22(18)25-31-23-20-13-17(16-33-7-11-38(35)12-8-33)15-30-27(20)37-24(23)26(32-25)34-5-9-36-10-6-34;34-27(35)18-1-2-20-17(3-4-28-20)21(18)24-30-22-19-13-16(15-32-7-11-39(36)12-8-32)14-29-26(19)38-23(22)25(31-24)33-5-9-37-10-6-33;/h1-4,13,15,29H,5-12,16H2;1-4,13-14,28H,5-12,15H2,(H,34,35);1H4. The lowest BCUT2D eigenvalue weighted by Gasteiger charge is -2.28. The zero-order valence-electron chi connectivity index (χ0n) is 41.7. The molecule has 4 fully saturated rings. The molecule has 0 spiro atoms. The molecule has 12 heterocycles. The van der Waals surface area contributed by atoms with E-state index in [1.807, 2.05) is 42.9 Å². The molecule has 4 saturated heterocycles. The third kappa shape index (κ3) is 9.72. The number of furan rings is 2. The van der Waals surface area contributed by atoms with Crippen LogP contribution in [0.1, 0.15) is 34.5 Å². The van der Waals surface area contributed by atoms with E-state index < -0.39 is 27.6 Å². The molecule has 4 aliphatic heterocycles. The lowest BCUT2D eigenvalue weighted by Crippen LogP contribution is -2.37. The maximum atomic E-state index is 12.3. The molecule has 0 amide bonds. The van der Waals surface area contributed by atoms with Gasteiger partial charge in [-0.25, -0.2) is 34.7 Å². The number of nitriles is 1. The van der Waals surface area contributed by atoms with Crippen molar-refractivity contribution in [3.8, 4) is 28.8 Å². The van der Waals surface area contributed by atoms with Crippen LogP contribution in [0.15, 0.2) is 82.2 Å². The van der Waals surface area contributed by atoms with Gasteiger partial charge in [-0.3, -0.25) is 18.2 Å². The molecule has 14 rings (SSSR count). The van der Waals surface area contributed by atoms with E-state index in [-0.39, 0.29) is 13.0 Å². The summed E-state index contributed by atoms with van der Waals surface area (Å²) >= 11 is 0. The number of nitrogens with zero attached hydrogens (tertiary/aromatic N) is 11. The SMILES string of the molecule is C.N#Cc1ccc2[nH]ccc2c1-c1nc(N2CCOCC2)c2oc3ncc(CN4CCS(=O)CC4)cc3c2n1.O=C(O)c1ccc2[nH]ccc2c1-c1nc(N2CCOCC2)c2oc3ncc(CN4CCS(=O)CC4)cc3c2n1. The Labute approximate surface area is 451 Å². The Morgan fingerprint density at radius 1 is 0.615 bits per heavy atom. The molecule has 23 heteroatoms. The molecule has 3 N–H and O–H groups in total. The van der Waals surface area contributed by atoms with Crippen molar-refractivity contribution in [2.24, 2.45) is 0 Å². The first-order valence-electron chi connectivity index (χ1n) is 25.6. The molecule has 0 saturated carbocycles. The Morgan fingerprint density at radius 2 is 1.08 bits per heavy atom. The molecule has 0 aliphatic carbocycles. The number of hydrogen-bond donors (Lipinski definition) is 3. The van der Waals surface area contributed by atoms with Gasteiger partial charge in [-0.2, -0.15) is 5.26 Å². The topological polar surface area (TPSA) is 262 Å². The minimum Gasteiger partial charge on any atom is -0.478 e. The van der Waals surface area contributed by atoms with Crippen LogP contribution in [0.2, 0.25) is 0 Å². The van der Waals surface area contributed by atoms with Crippen LogP contribution in [-0.2, 0) is 44.2 Å². The normalized spacial score (nSPS) is 17.3. The number of aromatic carboxylic acids is 1. The van der Waals surface area contributed by atoms with Gasteiger partial charge >= 0.3 is 5.97 Å². The number of anilines is 2. The van der Waals surface area contributed by atoms with Crippen LogP contribution in [0.4, 0.5) is 11.6 Å². The predicted molar refractivity (Wildman–Crippen MR) is 300 cm³/mol. The minimum absolute atomic E-state index is 0.